The third-order valence-electron chi connectivity index (χ3n) is 4.50. The van der Waals surface area contributed by atoms with Crippen LogP contribution in [0.15, 0.2) is 24.4 Å². The highest BCUT2D eigenvalue weighted by molar-refractivity contribution is 5.88. The molecule has 1 aromatic carbocycles. The van der Waals surface area contributed by atoms with E-state index >= 15 is 0 Å². The van der Waals surface area contributed by atoms with Gasteiger partial charge in [-0.05, 0) is 42.5 Å². The average molecular weight is 270 g/mol. The topological polar surface area (TPSA) is 25.2 Å². The fraction of sp³-hybridized carbons (Fsp3) is 0.471. The number of nitrogens with zero attached hydrogens (tertiary/aromatic N) is 2. The standard InChI is InChI=1S/C17H22N2O/c1-18(2)13-6-9-17-15(10-13)16(11-19(17)3)12-4-7-14(20)8-5-12/h6,9-12H,4-5,7-8H2,1-3H3. The normalized spacial score (nSPS) is 16.9. The van der Waals surface area contributed by atoms with E-state index in [0.717, 1.165) is 25.7 Å². The first-order valence-corrected chi connectivity index (χ1v) is 7.34. The van der Waals surface area contributed by atoms with E-state index in [-0.39, 0.29) is 0 Å². The van der Waals surface area contributed by atoms with Crippen molar-refractivity contribution in [3.63, 3.8) is 0 Å². The summed E-state index contributed by atoms with van der Waals surface area (Å²) < 4.78 is 2.21. The average Bonchev–Trinajstić information content (AvgIpc) is 2.76. The molecule has 0 atom stereocenters. The fourth-order valence-corrected chi connectivity index (χ4v) is 3.26. The van der Waals surface area contributed by atoms with E-state index in [9.17, 15) is 4.79 Å². The number of anilines is 1. The molecular formula is C17H22N2O. The van der Waals surface area contributed by atoms with Gasteiger partial charge in [-0.15, -0.1) is 0 Å². The van der Waals surface area contributed by atoms with Crippen molar-refractivity contribution in [2.75, 3.05) is 19.0 Å². The summed E-state index contributed by atoms with van der Waals surface area (Å²) in [6.45, 7) is 0. The Balaban J connectivity index is 2.05. The van der Waals surface area contributed by atoms with Crippen LogP contribution in [-0.4, -0.2) is 24.4 Å². The molecule has 0 aliphatic heterocycles. The minimum Gasteiger partial charge on any atom is -0.378 e. The third-order valence-corrected chi connectivity index (χ3v) is 4.50. The zero-order chi connectivity index (χ0) is 14.3. The van der Waals surface area contributed by atoms with Gasteiger partial charge in [-0.25, -0.2) is 0 Å². The largest absolute Gasteiger partial charge is 0.378 e. The Morgan fingerprint density at radius 1 is 1.20 bits per heavy atom. The van der Waals surface area contributed by atoms with Gasteiger partial charge in [0, 0.05) is 56.8 Å². The summed E-state index contributed by atoms with van der Waals surface area (Å²) in [5.74, 6) is 0.962. The Labute approximate surface area is 120 Å². The summed E-state index contributed by atoms with van der Waals surface area (Å²) in [4.78, 5) is 13.6. The number of rotatable bonds is 2. The van der Waals surface area contributed by atoms with Crippen molar-refractivity contribution in [2.24, 2.45) is 7.05 Å². The number of fused-ring (bicyclic) bond motifs is 1. The molecule has 2 aromatic rings. The van der Waals surface area contributed by atoms with Gasteiger partial charge in [0.2, 0.25) is 0 Å². The molecule has 1 saturated carbocycles. The molecule has 3 rings (SSSR count). The summed E-state index contributed by atoms with van der Waals surface area (Å²) in [6.07, 6.45) is 5.75. The SMILES string of the molecule is CN(C)c1ccc2c(c1)c(C1CCC(=O)CC1)cn2C. The van der Waals surface area contributed by atoms with Gasteiger partial charge in [-0.2, -0.15) is 0 Å². The van der Waals surface area contributed by atoms with E-state index in [1.165, 1.54) is 22.2 Å². The van der Waals surface area contributed by atoms with Crippen molar-refractivity contribution < 1.29 is 4.79 Å². The summed E-state index contributed by atoms with van der Waals surface area (Å²) in [5.41, 5.74) is 3.93. The van der Waals surface area contributed by atoms with Crippen molar-refractivity contribution in [1.29, 1.82) is 0 Å². The molecule has 0 bridgehead atoms. The van der Waals surface area contributed by atoms with E-state index < -0.39 is 0 Å². The molecule has 0 radical (unpaired) electrons. The lowest BCUT2D eigenvalue weighted by atomic mass is 9.83. The molecule has 106 valence electrons. The van der Waals surface area contributed by atoms with Gasteiger partial charge < -0.3 is 9.47 Å². The van der Waals surface area contributed by atoms with Crippen LogP contribution >= 0.6 is 0 Å². The summed E-state index contributed by atoms with van der Waals surface area (Å²) in [7, 11) is 6.25. The van der Waals surface area contributed by atoms with E-state index in [2.05, 4.69) is 55.0 Å². The van der Waals surface area contributed by atoms with Gasteiger partial charge in [-0.1, -0.05) is 0 Å². The lowest BCUT2D eigenvalue weighted by Gasteiger charge is -2.21. The molecule has 1 aliphatic rings. The lowest BCUT2D eigenvalue weighted by molar-refractivity contribution is -0.120. The summed E-state index contributed by atoms with van der Waals surface area (Å²) in [5, 5.41) is 1.35. The van der Waals surface area contributed by atoms with Crippen LogP contribution in [0, 0.1) is 0 Å². The molecule has 0 amide bonds. The molecule has 1 aliphatic carbocycles. The van der Waals surface area contributed by atoms with Crippen molar-refractivity contribution in [1.82, 2.24) is 4.57 Å². The Bertz CT molecular complexity index is 644. The number of aryl methyl sites for hydroxylation is 1. The molecule has 1 heterocycles. The predicted molar refractivity (Wildman–Crippen MR) is 83.5 cm³/mol. The minimum atomic E-state index is 0.426. The van der Waals surface area contributed by atoms with E-state index in [1.807, 2.05) is 0 Å². The number of aromatic nitrogens is 1. The molecule has 0 unspecified atom stereocenters. The summed E-state index contributed by atoms with van der Waals surface area (Å²) >= 11 is 0. The second-order valence-electron chi connectivity index (χ2n) is 6.10. The Morgan fingerprint density at radius 3 is 2.55 bits per heavy atom. The molecular weight excluding hydrogens is 248 g/mol. The lowest BCUT2D eigenvalue weighted by Crippen LogP contribution is -2.12. The van der Waals surface area contributed by atoms with Gasteiger partial charge in [0.1, 0.15) is 5.78 Å². The smallest absolute Gasteiger partial charge is 0.132 e. The van der Waals surface area contributed by atoms with Crippen LogP contribution < -0.4 is 4.90 Å². The number of hydrogen-bond acceptors (Lipinski definition) is 2. The van der Waals surface area contributed by atoms with Crippen LogP contribution in [0.3, 0.4) is 0 Å². The number of benzene rings is 1. The molecule has 20 heavy (non-hydrogen) atoms. The first kappa shape index (κ1) is 13.2. The zero-order valence-corrected chi connectivity index (χ0v) is 12.5. The van der Waals surface area contributed by atoms with Gasteiger partial charge >= 0.3 is 0 Å². The van der Waals surface area contributed by atoms with Gasteiger partial charge in [0.15, 0.2) is 0 Å². The van der Waals surface area contributed by atoms with Gasteiger partial charge in [-0.3, -0.25) is 4.79 Å². The Kier molecular flexibility index (Phi) is 3.28. The number of hydrogen-bond donors (Lipinski definition) is 0. The first-order valence-electron chi connectivity index (χ1n) is 7.34. The number of ketones is 1. The van der Waals surface area contributed by atoms with Crippen LogP contribution in [0.1, 0.15) is 37.2 Å². The second-order valence-corrected chi connectivity index (χ2v) is 6.10. The van der Waals surface area contributed by atoms with Crippen LogP contribution in [0.25, 0.3) is 10.9 Å². The maximum atomic E-state index is 11.4. The van der Waals surface area contributed by atoms with E-state index in [0.29, 0.717) is 11.7 Å². The van der Waals surface area contributed by atoms with Gasteiger partial charge in [0.05, 0.1) is 0 Å². The Morgan fingerprint density at radius 2 is 1.90 bits per heavy atom. The number of Topliss-reactive ketones (excluding diaryl/α,β-unsaturated/α-hetero) is 1. The van der Waals surface area contributed by atoms with Gasteiger partial charge in [0.25, 0.3) is 0 Å². The Hall–Kier alpha value is -1.77. The third kappa shape index (κ3) is 2.21. The molecule has 1 fully saturated rings. The highest BCUT2D eigenvalue weighted by Crippen LogP contribution is 2.37. The number of carbonyl (C=O) groups excluding carboxylic acids is 1. The molecule has 3 nitrogen and oxygen atoms in total. The number of carbonyl (C=O) groups is 1. The van der Waals surface area contributed by atoms with Crippen LogP contribution in [0.5, 0.6) is 0 Å². The maximum absolute atomic E-state index is 11.4. The van der Waals surface area contributed by atoms with E-state index in [1.54, 1.807) is 0 Å². The maximum Gasteiger partial charge on any atom is 0.132 e. The van der Waals surface area contributed by atoms with Crippen molar-refractivity contribution in [3.8, 4) is 0 Å². The highest BCUT2D eigenvalue weighted by atomic mass is 16.1. The first-order chi connectivity index (χ1) is 9.56. The van der Waals surface area contributed by atoms with Crippen LogP contribution in [-0.2, 0) is 11.8 Å². The van der Waals surface area contributed by atoms with Crippen LogP contribution in [0.4, 0.5) is 5.69 Å². The molecule has 1 aromatic heterocycles. The molecule has 0 spiro atoms. The summed E-state index contributed by atoms with van der Waals surface area (Å²) in [6, 6.07) is 6.64. The van der Waals surface area contributed by atoms with Crippen molar-refractivity contribution in [3.05, 3.63) is 30.0 Å². The monoisotopic (exact) mass is 270 g/mol. The fourth-order valence-electron chi connectivity index (χ4n) is 3.26. The van der Waals surface area contributed by atoms with Crippen LogP contribution in [0.2, 0.25) is 0 Å². The molecule has 3 heteroatoms. The predicted octanol–water partition coefficient (Wildman–Crippen LogP) is 3.47. The molecule has 0 N–H and O–H groups in total. The quantitative estimate of drug-likeness (QED) is 0.835. The second kappa shape index (κ2) is 4.97. The van der Waals surface area contributed by atoms with Crippen molar-refractivity contribution >= 4 is 22.4 Å². The zero-order valence-electron chi connectivity index (χ0n) is 12.5. The highest BCUT2D eigenvalue weighted by Gasteiger charge is 2.23. The van der Waals surface area contributed by atoms with E-state index in [4.69, 9.17) is 0 Å². The van der Waals surface area contributed by atoms with Crippen molar-refractivity contribution in [2.45, 2.75) is 31.6 Å². The minimum absolute atomic E-state index is 0.426. The molecule has 0 saturated heterocycles.